The average molecular weight is 426 g/mol. The lowest BCUT2D eigenvalue weighted by Crippen LogP contribution is -2.42. The zero-order chi connectivity index (χ0) is 21.6. The van der Waals surface area contributed by atoms with E-state index in [1.165, 1.54) is 11.3 Å². The van der Waals surface area contributed by atoms with Crippen molar-refractivity contribution in [3.05, 3.63) is 51.4 Å². The Hall–Kier alpha value is -3.20. The number of imide groups is 1. The molecule has 0 spiro atoms. The number of hydrogen-bond donors (Lipinski definition) is 3. The largest absolute Gasteiger partial charge is 0.365 e. The summed E-state index contributed by atoms with van der Waals surface area (Å²) in [5.41, 5.74) is 7.04. The van der Waals surface area contributed by atoms with Crippen LogP contribution in [0.1, 0.15) is 45.3 Å². The zero-order valence-corrected chi connectivity index (χ0v) is 17.5. The molecular weight excluding hydrogens is 404 g/mol. The van der Waals surface area contributed by atoms with Gasteiger partial charge in [-0.15, -0.1) is 11.3 Å². The Bertz CT molecular complexity index is 1090. The molecule has 2 heterocycles. The van der Waals surface area contributed by atoms with E-state index in [4.69, 9.17) is 5.73 Å². The van der Waals surface area contributed by atoms with Gasteiger partial charge in [-0.25, -0.2) is 4.79 Å². The van der Waals surface area contributed by atoms with Gasteiger partial charge in [0.05, 0.1) is 5.56 Å². The van der Waals surface area contributed by atoms with Crippen molar-refractivity contribution in [2.75, 3.05) is 11.9 Å². The summed E-state index contributed by atoms with van der Waals surface area (Å²) in [5.74, 6) is -1.65. The normalized spacial score (nSPS) is 20.3. The molecule has 4 rings (SSSR count). The van der Waals surface area contributed by atoms with Crippen LogP contribution in [-0.4, -0.2) is 35.2 Å². The SMILES string of the molecule is Cc1ccccc1C1(C)NC(=O)N(CC(=O)Nc2sc3c(c2C(N)=O)CCC3)C1=O. The molecule has 1 fully saturated rings. The molecule has 4 N–H and O–H groups in total. The van der Waals surface area contributed by atoms with Crippen LogP contribution in [0.25, 0.3) is 0 Å². The highest BCUT2D eigenvalue weighted by Crippen LogP contribution is 2.39. The molecule has 9 heteroatoms. The monoisotopic (exact) mass is 426 g/mol. The van der Waals surface area contributed by atoms with Crippen molar-refractivity contribution in [1.82, 2.24) is 10.2 Å². The molecule has 2 aromatic rings. The lowest BCUT2D eigenvalue weighted by molar-refractivity contribution is -0.133. The van der Waals surface area contributed by atoms with Crippen molar-refractivity contribution >= 4 is 40.1 Å². The summed E-state index contributed by atoms with van der Waals surface area (Å²) in [6.07, 6.45) is 2.55. The van der Waals surface area contributed by atoms with Gasteiger partial charge in [0.1, 0.15) is 17.1 Å². The van der Waals surface area contributed by atoms with E-state index in [2.05, 4.69) is 10.6 Å². The standard InChI is InChI=1S/C21H22N4O4S/c1-11-6-3-4-8-13(11)21(2)19(28)25(20(29)24-21)10-15(26)23-18-16(17(22)27)12-7-5-9-14(12)30-18/h3-4,6,8H,5,7,9-10H2,1-2H3,(H2,22,27)(H,23,26)(H,24,29). The quantitative estimate of drug-likeness (QED) is 0.634. The number of nitrogens with one attached hydrogen (secondary N) is 2. The van der Waals surface area contributed by atoms with Gasteiger partial charge in [-0.3, -0.25) is 19.3 Å². The first kappa shape index (κ1) is 20.1. The molecule has 0 saturated carbocycles. The van der Waals surface area contributed by atoms with Gasteiger partial charge in [0.15, 0.2) is 0 Å². The van der Waals surface area contributed by atoms with Crippen LogP contribution in [-0.2, 0) is 28.0 Å². The fraction of sp³-hybridized carbons (Fsp3) is 0.333. The minimum atomic E-state index is -1.24. The van der Waals surface area contributed by atoms with Gasteiger partial charge in [-0.2, -0.15) is 0 Å². The number of anilines is 1. The van der Waals surface area contributed by atoms with Crippen molar-refractivity contribution in [3.63, 3.8) is 0 Å². The molecule has 156 valence electrons. The Morgan fingerprint density at radius 2 is 2.00 bits per heavy atom. The molecule has 1 aromatic carbocycles. The van der Waals surface area contributed by atoms with Gasteiger partial charge in [-0.1, -0.05) is 24.3 Å². The van der Waals surface area contributed by atoms with Crippen molar-refractivity contribution in [2.45, 2.75) is 38.6 Å². The van der Waals surface area contributed by atoms with Gasteiger partial charge in [0.25, 0.3) is 11.8 Å². The third-order valence-corrected chi connectivity index (χ3v) is 6.89. The highest BCUT2D eigenvalue weighted by atomic mass is 32.1. The number of rotatable bonds is 5. The molecule has 1 atom stereocenters. The molecule has 1 aliphatic carbocycles. The fourth-order valence-corrected chi connectivity index (χ4v) is 5.53. The van der Waals surface area contributed by atoms with E-state index in [-0.39, 0.29) is 0 Å². The molecular formula is C21H22N4O4S. The maximum atomic E-state index is 13.1. The van der Waals surface area contributed by atoms with Crippen LogP contribution in [0, 0.1) is 6.92 Å². The number of fused-ring (bicyclic) bond motifs is 1. The molecule has 0 bridgehead atoms. The Morgan fingerprint density at radius 1 is 1.27 bits per heavy atom. The molecule has 30 heavy (non-hydrogen) atoms. The molecule has 1 aliphatic heterocycles. The number of aryl methyl sites for hydroxylation is 2. The number of urea groups is 1. The number of carbonyl (C=O) groups is 4. The molecule has 1 saturated heterocycles. The summed E-state index contributed by atoms with van der Waals surface area (Å²) < 4.78 is 0. The number of amides is 5. The third-order valence-electron chi connectivity index (χ3n) is 5.68. The minimum absolute atomic E-state index is 0.336. The first-order valence-electron chi connectivity index (χ1n) is 9.66. The molecule has 1 aromatic heterocycles. The first-order valence-corrected chi connectivity index (χ1v) is 10.5. The van der Waals surface area contributed by atoms with Crippen LogP contribution in [0.4, 0.5) is 9.80 Å². The lowest BCUT2D eigenvalue weighted by Gasteiger charge is -2.24. The van der Waals surface area contributed by atoms with Crippen molar-refractivity contribution in [2.24, 2.45) is 5.73 Å². The number of benzene rings is 1. The molecule has 8 nitrogen and oxygen atoms in total. The topological polar surface area (TPSA) is 122 Å². The second-order valence-electron chi connectivity index (χ2n) is 7.74. The van der Waals surface area contributed by atoms with Crippen LogP contribution >= 0.6 is 11.3 Å². The molecule has 2 aliphatic rings. The number of hydrogen-bond acceptors (Lipinski definition) is 5. The Morgan fingerprint density at radius 3 is 2.70 bits per heavy atom. The molecule has 1 unspecified atom stereocenters. The van der Waals surface area contributed by atoms with E-state index in [1.807, 2.05) is 19.1 Å². The van der Waals surface area contributed by atoms with E-state index >= 15 is 0 Å². The van der Waals surface area contributed by atoms with Gasteiger partial charge >= 0.3 is 6.03 Å². The third kappa shape index (κ3) is 3.15. The van der Waals surface area contributed by atoms with E-state index in [0.29, 0.717) is 16.1 Å². The Balaban J connectivity index is 1.53. The maximum absolute atomic E-state index is 13.1. The predicted octanol–water partition coefficient (Wildman–Crippen LogP) is 2.05. The van der Waals surface area contributed by atoms with Crippen LogP contribution in [0.2, 0.25) is 0 Å². The first-order chi connectivity index (χ1) is 14.2. The number of nitrogens with zero attached hydrogens (tertiary/aromatic N) is 1. The Kier molecular flexibility index (Phi) is 4.85. The molecule has 0 radical (unpaired) electrons. The highest BCUT2D eigenvalue weighted by Gasteiger charge is 2.50. The van der Waals surface area contributed by atoms with E-state index in [0.717, 1.165) is 40.2 Å². The Labute approximate surface area is 177 Å². The van der Waals surface area contributed by atoms with E-state index < -0.39 is 35.8 Å². The van der Waals surface area contributed by atoms with E-state index in [9.17, 15) is 19.2 Å². The second kappa shape index (κ2) is 7.24. The summed E-state index contributed by atoms with van der Waals surface area (Å²) in [7, 11) is 0. The molecule has 5 amide bonds. The summed E-state index contributed by atoms with van der Waals surface area (Å²) in [6.45, 7) is 3.03. The lowest BCUT2D eigenvalue weighted by atomic mass is 9.88. The maximum Gasteiger partial charge on any atom is 0.325 e. The summed E-state index contributed by atoms with van der Waals surface area (Å²) >= 11 is 1.33. The smallest absolute Gasteiger partial charge is 0.325 e. The van der Waals surface area contributed by atoms with E-state index in [1.54, 1.807) is 19.1 Å². The van der Waals surface area contributed by atoms with Crippen LogP contribution in [0.3, 0.4) is 0 Å². The van der Waals surface area contributed by atoms with Gasteiger partial charge in [0.2, 0.25) is 5.91 Å². The number of nitrogens with two attached hydrogens (primary N) is 1. The van der Waals surface area contributed by atoms with Crippen molar-refractivity contribution in [3.8, 4) is 0 Å². The van der Waals surface area contributed by atoms with Gasteiger partial charge in [-0.05, 0) is 49.8 Å². The predicted molar refractivity (Wildman–Crippen MR) is 112 cm³/mol. The summed E-state index contributed by atoms with van der Waals surface area (Å²) in [4.78, 5) is 52.0. The number of thiophene rings is 1. The van der Waals surface area contributed by atoms with Crippen LogP contribution in [0.5, 0.6) is 0 Å². The summed E-state index contributed by atoms with van der Waals surface area (Å²) in [6, 6.07) is 6.65. The average Bonchev–Trinajstić information content (AvgIpc) is 3.31. The minimum Gasteiger partial charge on any atom is -0.365 e. The van der Waals surface area contributed by atoms with Gasteiger partial charge in [0, 0.05) is 4.88 Å². The zero-order valence-electron chi connectivity index (χ0n) is 16.7. The second-order valence-corrected chi connectivity index (χ2v) is 8.84. The van der Waals surface area contributed by atoms with Crippen molar-refractivity contribution in [1.29, 1.82) is 0 Å². The fourth-order valence-electron chi connectivity index (χ4n) is 4.22. The number of carbonyl (C=O) groups excluding carboxylic acids is 4. The summed E-state index contributed by atoms with van der Waals surface area (Å²) in [5, 5.41) is 5.76. The highest BCUT2D eigenvalue weighted by molar-refractivity contribution is 7.17. The van der Waals surface area contributed by atoms with Crippen LogP contribution < -0.4 is 16.4 Å². The van der Waals surface area contributed by atoms with Crippen molar-refractivity contribution < 1.29 is 19.2 Å². The number of primary amides is 1. The van der Waals surface area contributed by atoms with Crippen LogP contribution in [0.15, 0.2) is 24.3 Å². The van der Waals surface area contributed by atoms with Gasteiger partial charge < -0.3 is 16.4 Å².